The van der Waals surface area contributed by atoms with Crippen molar-refractivity contribution in [1.29, 1.82) is 0 Å². The lowest BCUT2D eigenvalue weighted by molar-refractivity contribution is 0.778. The van der Waals surface area contributed by atoms with Crippen molar-refractivity contribution in [3.8, 4) is 0 Å². The van der Waals surface area contributed by atoms with Crippen molar-refractivity contribution in [1.82, 2.24) is 0 Å². The molecule has 0 aromatic rings. The van der Waals surface area contributed by atoms with E-state index in [0.717, 1.165) is 5.25 Å². The van der Waals surface area contributed by atoms with Crippen LogP contribution >= 0.6 is 23.5 Å². The average molecular weight is 176 g/mol. The van der Waals surface area contributed by atoms with E-state index in [1.165, 1.54) is 36.5 Å². The van der Waals surface area contributed by atoms with Gasteiger partial charge in [-0.25, -0.2) is 0 Å². The van der Waals surface area contributed by atoms with Gasteiger partial charge in [-0.1, -0.05) is 19.8 Å². The van der Waals surface area contributed by atoms with E-state index in [2.05, 4.69) is 30.4 Å². The molecule has 2 heteroatoms. The molecule has 1 unspecified atom stereocenters. The topological polar surface area (TPSA) is 0 Å². The van der Waals surface area contributed by atoms with Crippen molar-refractivity contribution in [3.05, 3.63) is 0 Å². The molecule has 60 valence electrons. The Balaban J connectivity index is 1.68. The Morgan fingerprint density at radius 1 is 1.50 bits per heavy atom. The molecule has 10 heavy (non-hydrogen) atoms. The highest BCUT2D eigenvalue weighted by atomic mass is 32.2. The Hall–Kier alpha value is 0.700. The second-order valence-corrected chi connectivity index (χ2v) is 5.22. The fourth-order valence-electron chi connectivity index (χ4n) is 0.833. The summed E-state index contributed by atoms with van der Waals surface area (Å²) < 4.78 is 0. The third-order valence-electron chi connectivity index (χ3n) is 1.60. The summed E-state index contributed by atoms with van der Waals surface area (Å²) in [5.74, 6) is 4.24. The van der Waals surface area contributed by atoms with Crippen LogP contribution in [0, 0.1) is 0 Å². The van der Waals surface area contributed by atoms with Crippen molar-refractivity contribution >= 4 is 23.5 Å². The fraction of sp³-hybridized carbons (Fsp3) is 1.00. The summed E-state index contributed by atoms with van der Waals surface area (Å²) in [6.45, 7) is 2.27. The number of thioether (sulfide) groups is 2. The monoisotopic (exact) mass is 176 g/mol. The standard InChI is InChI=1S/C8H16S2/c1-2-3-4-5-9-6-8-7-10-8/h8H,2-7H2,1H3. The molecule has 0 aliphatic carbocycles. The van der Waals surface area contributed by atoms with E-state index in [9.17, 15) is 0 Å². The first kappa shape index (κ1) is 8.79. The molecule has 0 aromatic heterocycles. The van der Waals surface area contributed by atoms with Crippen LogP contribution in [0.2, 0.25) is 0 Å². The summed E-state index contributed by atoms with van der Waals surface area (Å²) in [7, 11) is 0. The van der Waals surface area contributed by atoms with Crippen LogP contribution in [-0.2, 0) is 0 Å². The molecule has 1 rings (SSSR count). The highest BCUT2D eigenvalue weighted by Gasteiger charge is 2.21. The first-order valence-electron chi connectivity index (χ1n) is 4.13. The van der Waals surface area contributed by atoms with Crippen molar-refractivity contribution in [2.24, 2.45) is 0 Å². The minimum Gasteiger partial charge on any atom is -0.161 e. The van der Waals surface area contributed by atoms with Crippen LogP contribution in [0.1, 0.15) is 26.2 Å². The van der Waals surface area contributed by atoms with Gasteiger partial charge in [0, 0.05) is 16.8 Å². The number of hydrogen-bond acceptors (Lipinski definition) is 2. The molecule has 0 saturated carbocycles. The van der Waals surface area contributed by atoms with Gasteiger partial charge in [-0.15, -0.1) is 0 Å². The maximum atomic E-state index is 2.27. The Bertz CT molecular complexity index is 79.3. The van der Waals surface area contributed by atoms with Crippen LogP contribution in [0.3, 0.4) is 0 Å². The summed E-state index contributed by atoms with van der Waals surface area (Å²) in [6.07, 6.45) is 4.21. The molecule has 1 saturated heterocycles. The second kappa shape index (κ2) is 5.36. The normalized spacial score (nSPS) is 23.1. The van der Waals surface area contributed by atoms with Gasteiger partial charge in [-0.05, 0) is 12.2 Å². The van der Waals surface area contributed by atoms with Gasteiger partial charge >= 0.3 is 0 Å². The molecule has 1 aliphatic rings. The van der Waals surface area contributed by atoms with Crippen molar-refractivity contribution < 1.29 is 0 Å². The Morgan fingerprint density at radius 3 is 2.90 bits per heavy atom. The lowest BCUT2D eigenvalue weighted by atomic mass is 10.3. The third kappa shape index (κ3) is 4.51. The lowest BCUT2D eigenvalue weighted by Crippen LogP contribution is -1.89. The van der Waals surface area contributed by atoms with Gasteiger partial charge in [-0.3, -0.25) is 0 Å². The first-order chi connectivity index (χ1) is 4.93. The Kier molecular flexibility index (Phi) is 4.72. The van der Waals surface area contributed by atoms with Gasteiger partial charge in [0.15, 0.2) is 0 Å². The van der Waals surface area contributed by atoms with Gasteiger partial charge in [0.1, 0.15) is 0 Å². The van der Waals surface area contributed by atoms with Crippen LogP contribution in [0.4, 0.5) is 0 Å². The zero-order valence-corrected chi connectivity index (χ0v) is 8.27. The van der Waals surface area contributed by atoms with E-state index in [1.54, 1.807) is 0 Å². The molecule has 0 radical (unpaired) electrons. The van der Waals surface area contributed by atoms with Gasteiger partial charge in [0.25, 0.3) is 0 Å². The highest BCUT2D eigenvalue weighted by Crippen LogP contribution is 2.32. The van der Waals surface area contributed by atoms with Crippen molar-refractivity contribution in [3.63, 3.8) is 0 Å². The molecule has 0 spiro atoms. The fourth-order valence-corrected chi connectivity index (χ4v) is 2.87. The largest absolute Gasteiger partial charge is 0.161 e. The quantitative estimate of drug-likeness (QED) is 0.451. The molecule has 0 nitrogen and oxygen atoms in total. The smallest absolute Gasteiger partial charge is 0.0229 e. The predicted octanol–water partition coefficient (Wildman–Crippen LogP) is 3.03. The summed E-state index contributed by atoms with van der Waals surface area (Å²) in [4.78, 5) is 0. The predicted molar refractivity (Wildman–Crippen MR) is 53.1 cm³/mol. The minimum atomic E-state index is 1.03. The van der Waals surface area contributed by atoms with Crippen LogP contribution in [0.5, 0.6) is 0 Å². The molecule has 0 bridgehead atoms. The highest BCUT2D eigenvalue weighted by molar-refractivity contribution is 8.08. The zero-order valence-electron chi connectivity index (χ0n) is 6.64. The Labute approximate surface area is 72.5 Å². The van der Waals surface area contributed by atoms with E-state index < -0.39 is 0 Å². The van der Waals surface area contributed by atoms with Crippen LogP contribution in [-0.4, -0.2) is 22.5 Å². The van der Waals surface area contributed by atoms with Crippen molar-refractivity contribution in [2.45, 2.75) is 31.4 Å². The lowest BCUT2D eigenvalue weighted by Gasteiger charge is -1.96. The summed E-state index contributed by atoms with van der Waals surface area (Å²) in [5.41, 5.74) is 0. The molecule has 1 fully saturated rings. The minimum absolute atomic E-state index is 1.03. The van der Waals surface area contributed by atoms with E-state index in [-0.39, 0.29) is 0 Å². The SMILES string of the molecule is CCCCCSCC1CS1. The molecule has 0 aromatic carbocycles. The average Bonchev–Trinajstić information content (AvgIpc) is 2.71. The van der Waals surface area contributed by atoms with Crippen LogP contribution in [0.15, 0.2) is 0 Å². The maximum Gasteiger partial charge on any atom is 0.0229 e. The third-order valence-corrected chi connectivity index (χ3v) is 4.00. The zero-order chi connectivity index (χ0) is 7.23. The van der Waals surface area contributed by atoms with E-state index in [1.807, 2.05) is 0 Å². The van der Waals surface area contributed by atoms with Gasteiger partial charge in [-0.2, -0.15) is 23.5 Å². The van der Waals surface area contributed by atoms with Gasteiger partial charge in [0.05, 0.1) is 0 Å². The second-order valence-electron chi connectivity index (χ2n) is 2.74. The summed E-state index contributed by atoms with van der Waals surface area (Å²) in [5, 5.41) is 1.03. The van der Waals surface area contributed by atoms with Crippen LogP contribution < -0.4 is 0 Å². The summed E-state index contributed by atoms with van der Waals surface area (Å²) in [6, 6.07) is 0. The summed E-state index contributed by atoms with van der Waals surface area (Å²) >= 11 is 4.25. The van der Waals surface area contributed by atoms with E-state index in [4.69, 9.17) is 0 Å². The molecule has 1 atom stereocenters. The van der Waals surface area contributed by atoms with Gasteiger partial charge in [0.2, 0.25) is 0 Å². The number of unbranched alkanes of at least 4 members (excludes halogenated alkanes) is 2. The number of hydrogen-bond donors (Lipinski definition) is 0. The van der Waals surface area contributed by atoms with Crippen LogP contribution in [0.25, 0.3) is 0 Å². The molecule has 1 heterocycles. The molecule has 0 amide bonds. The van der Waals surface area contributed by atoms with E-state index in [0.29, 0.717) is 0 Å². The Morgan fingerprint density at radius 2 is 2.30 bits per heavy atom. The first-order valence-corrected chi connectivity index (χ1v) is 6.33. The molecule has 0 N–H and O–H groups in total. The maximum absolute atomic E-state index is 2.27. The molecular formula is C8H16S2. The molecular weight excluding hydrogens is 160 g/mol. The van der Waals surface area contributed by atoms with Crippen molar-refractivity contribution in [2.75, 3.05) is 17.3 Å². The van der Waals surface area contributed by atoms with Gasteiger partial charge < -0.3 is 0 Å². The van der Waals surface area contributed by atoms with E-state index >= 15 is 0 Å². The number of rotatable bonds is 6. The molecule has 1 aliphatic heterocycles.